The van der Waals surface area contributed by atoms with E-state index in [1.165, 1.54) is 6.33 Å². The highest BCUT2D eigenvalue weighted by Crippen LogP contribution is 2.24. The van der Waals surface area contributed by atoms with Crippen LogP contribution in [0.3, 0.4) is 0 Å². The van der Waals surface area contributed by atoms with Gasteiger partial charge in [-0.1, -0.05) is 5.21 Å². The lowest BCUT2D eigenvalue weighted by molar-refractivity contribution is -0.137. The van der Waals surface area contributed by atoms with E-state index in [-0.39, 0.29) is 24.1 Å². The molecular weight excluding hydrogens is 424 g/mol. The molecule has 0 radical (unpaired) electrons. The molecule has 1 amide bonds. The normalized spacial score (nSPS) is 19.2. The quantitative estimate of drug-likeness (QED) is 0.485. The van der Waals surface area contributed by atoms with Gasteiger partial charge in [0.2, 0.25) is 15.9 Å². The molecule has 0 spiro atoms. The van der Waals surface area contributed by atoms with Gasteiger partial charge in [0, 0.05) is 26.1 Å². The number of imidazole rings is 1. The minimum atomic E-state index is -3.14. The van der Waals surface area contributed by atoms with Crippen molar-refractivity contribution in [1.29, 1.82) is 0 Å². The number of anilines is 1. The second-order valence-electron chi connectivity index (χ2n) is 7.76. The van der Waals surface area contributed by atoms with Gasteiger partial charge in [0.15, 0.2) is 11.5 Å². The van der Waals surface area contributed by atoms with E-state index in [2.05, 4.69) is 25.3 Å². The van der Waals surface area contributed by atoms with Crippen LogP contribution in [0.15, 0.2) is 18.9 Å². The zero-order valence-electron chi connectivity index (χ0n) is 16.7. The molecule has 14 heteroatoms. The van der Waals surface area contributed by atoms with Crippen molar-refractivity contribution in [3.63, 3.8) is 0 Å². The maximum Gasteiger partial charge on any atom is 0.224 e. The Morgan fingerprint density at radius 1 is 1.23 bits per heavy atom. The monoisotopic (exact) mass is 446 g/mol. The van der Waals surface area contributed by atoms with E-state index < -0.39 is 10.0 Å². The van der Waals surface area contributed by atoms with Gasteiger partial charge in [0.1, 0.15) is 17.5 Å². The molecule has 2 N–H and O–H groups in total. The third-order valence-corrected chi connectivity index (χ3v) is 7.66. The van der Waals surface area contributed by atoms with Gasteiger partial charge < -0.3 is 15.2 Å². The van der Waals surface area contributed by atoms with Crippen LogP contribution < -0.4 is 5.73 Å². The third-order valence-electron chi connectivity index (χ3n) is 5.66. The van der Waals surface area contributed by atoms with Crippen molar-refractivity contribution in [1.82, 2.24) is 43.7 Å². The summed E-state index contributed by atoms with van der Waals surface area (Å²) < 4.78 is 28.9. The predicted molar refractivity (Wildman–Crippen MR) is 109 cm³/mol. The first-order valence-corrected chi connectivity index (χ1v) is 11.6. The Kier molecular flexibility index (Phi) is 4.81. The van der Waals surface area contributed by atoms with Gasteiger partial charge in [0.25, 0.3) is 0 Å². The molecule has 2 saturated heterocycles. The number of carbonyl (C=O) groups is 1. The number of carbonyl (C=O) groups excluding carboxylic acids is 1. The summed E-state index contributed by atoms with van der Waals surface area (Å²) in [7, 11) is -3.14. The average Bonchev–Trinajstić information content (AvgIpc) is 3.40. The van der Waals surface area contributed by atoms with Crippen molar-refractivity contribution < 1.29 is 13.2 Å². The lowest BCUT2D eigenvalue weighted by Crippen LogP contribution is -2.61. The van der Waals surface area contributed by atoms with Crippen molar-refractivity contribution in [3.05, 3.63) is 24.5 Å². The molecular formula is C17H22N10O3S. The maximum absolute atomic E-state index is 12.4. The number of aromatic nitrogens is 7. The first kappa shape index (κ1) is 19.8. The highest BCUT2D eigenvalue weighted by Gasteiger charge is 2.42. The van der Waals surface area contributed by atoms with Gasteiger partial charge in [0.05, 0.1) is 37.4 Å². The van der Waals surface area contributed by atoms with Crippen molar-refractivity contribution in [2.24, 2.45) is 0 Å². The summed E-state index contributed by atoms with van der Waals surface area (Å²) in [5, 5.41) is 8.23. The van der Waals surface area contributed by atoms with E-state index in [1.54, 1.807) is 31.0 Å². The smallest absolute Gasteiger partial charge is 0.224 e. The molecule has 164 valence electrons. The van der Waals surface area contributed by atoms with E-state index in [1.807, 2.05) is 0 Å². The maximum atomic E-state index is 12.4. The topological polar surface area (TPSA) is 158 Å². The van der Waals surface area contributed by atoms with E-state index >= 15 is 0 Å². The predicted octanol–water partition coefficient (Wildman–Crippen LogP) is -1.32. The number of aryl methyl sites for hydroxylation is 1. The second-order valence-corrected chi connectivity index (χ2v) is 9.80. The van der Waals surface area contributed by atoms with Crippen LogP contribution in [0.4, 0.5) is 5.82 Å². The molecule has 0 aliphatic carbocycles. The minimum Gasteiger partial charge on any atom is -0.382 e. The molecule has 0 bridgehead atoms. The molecule has 5 rings (SSSR count). The summed E-state index contributed by atoms with van der Waals surface area (Å²) in [6.07, 6.45) is 5.73. The van der Waals surface area contributed by atoms with Gasteiger partial charge in [-0.05, 0) is 6.42 Å². The Hall–Kier alpha value is -3.13. The largest absolute Gasteiger partial charge is 0.382 e. The number of sulfonamides is 1. The molecule has 3 aromatic rings. The third kappa shape index (κ3) is 3.72. The first-order chi connectivity index (χ1) is 14.9. The molecule has 2 aliphatic rings. The van der Waals surface area contributed by atoms with Crippen LogP contribution >= 0.6 is 0 Å². The van der Waals surface area contributed by atoms with Gasteiger partial charge in [-0.15, -0.1) is 5.10 Å². The summed E-state index contributed by atoms with van der Waals surface area (Å²) in [5.74, 6) is 0.514. The second kappa shape index (κ2) is 7.53. The summed E-state index contributed by atoms with van der Waals surface area (Å²) in [6.45, 7) is 2.29. The Morgan fingerprint density at radius 2 is 2.06 bits per heavy atom. The fraction of sp³-hybridized carbons (Fsp3) is 0.529. The number of likely N-dealkylation sites (tertiary alicyclic amines) is 1. The molecule has 0 aromatic carbocycles. The molecule has 2 fully saturated rings. The van der Waals surface area contributed by atoms with E-state index in [0.29, 0.717) is 61.8 Å². The van der Waals surface area contributed by atoms with E-state index in [9.17, 15) is 13.2 Å². The molecule has 13 nitrogen and oxygen atoms in total. The van der Waals surface area contributed by atoms with Crippen LogP contribution in [0.2, 0.25) is 0 Å². The molecule has 3 aromatic heterocycles. The van der Waals surface area contributed by atoms with Crippen LogP contribution in [0, 0.1) is 0 Å². The molecule has 0 unspecified atom stereocenters. The van der Waals surface area contributed by atoms with Gasteiger partial charge >= 0.3 is 0 Å². The standard InChI is InChI=1S/C17H22N10O3S/c18-16-15-17(20-10-19-16)25(11-21-15)6-12-7-26(23-22-12)4-2-14(28)24-8-13(9-24)27-3-1-5-31(27,29)30/h7,10-11,13H,1-6,8-9H2,(H2,18,19,20). The average molecular weight is 446 g/mol. The Bertz CT molecular complexity index is 1230. The number of nitrogens with two attached hydrogens (primary N) is 1. The molecule has 0 saturated carbocycles. The molecule has 31 heavy (non-hydrogen) atoms. The summed E-state index contributed by atoms with van der Waals surface area (Å²) >= 11 is 0. The number of nitrogens with zero attached hydrogens (tertiary/aromatic N) is 9. The van der Waals surface area contributed by atoms with Gasteiger partial charge in [-0.25, -0.2) is 23.4 Å². The highest BCUT2D eigenvalue weighted by molar-refractivity contribution is 7.89. The van der Waals surface area contributed by atoms with Crippen LogP contribution in [-0.2, 0) is 27.9 Å². The number of hydrogen-bond acceptors (Lipinski definition) is 9. The van der Waals surface area contributed by atoms with Crippen molar-refractivity contribution in [2.45, 2.75) is 32.0 Å². The lowest BCUT2D eigenvalue weighted by atomic mass is 10.1. The van der Waals surface area contributed by atoms with Crippen LogP contribution in [0.25, 0.3) is 11.2 Å². The zero-order chi connectivity index (χ0) is 21.6. The Morgan fingerprint density at radius 3 is 2.84 bits per heavy atom. The van der Waals surface area contributed by atoms with Gasteiger partial charge in [-0.3, -0.25) is 9.48 Å². The molecule has 0 atom stereocenters. The fourth-order valence-electron chi connectivity index (χ4n) is 3.99. The SMILES string of the molecule is Nc1ncnc2c1ncn2Cc1cn(CCC(=O)N2CC(N3CCCS3(=O)=O)C2)nn1. The van der Waals surface area contributed by atoms with Crippen molar-refractivity contribution in [2.75, 3.05) is 31.1 Å². The number of fused-ring (bicyclic) bond motifs is 1. The first-order valence-electron chi connectivity index (χ1n) is 9.98. The molecule has 2 aliphatic heterocycles. The summed E-state index contributed by atoms with van der Waals surface area (Å²) in [4.78, 5) is 26.5. The van der Waals surface area contributed by atoms with E-state index in [4.69, 9.17) is 5.73 Å². The highest BCUT2D eigenvalue weighted by atomic mass is 32.2. The summed E-state index contributed by atoms with van der Waals surface area (Å²) in [5.41, 5.74) is 7.66. The number of nitrogen functional groups attached to an aromatic ring is 1. The number of amides is 1. The molecule has 5 heterocycles. The van der Waals surface area contributed by atoms with Crippen LogP contribution in [0.1, 0.15) is 18.5 Å². The van der Waals surface area contributed by atoms with Gasteiger partial charge in [-0.2, -0.15) is 4.31 Å². The number of rotatable bonds is 6. The van der Waals surface area contributed by atoms with Crippen molar-refractivity contribution in [3.8, 4) is 0 Å². The lowest BCUT2D eigenvalue weighted by Gasteiger charge is -2.43. The van der Waals surface area contributed by atoms with Crippen LogP contribution in [-0.4, -0.2) is 89.5 Å². The fourth-order valence-corrected chi connectivity index (χ4v) is 5.71. The van der Waals surface area contributed by atoms with Crippen molar-refractivity contribution >= 4 is 32.9 Å². The van der Waals surface area contributed by atoms with Crippen LogP contribution in [0.5, 0.6) is 0 Å². The Balaban J connectivity index is 1.14. The minimum absolute atomic E-state index is 0.0160. The summed E-state index contributed by atoms with van der Waals surface area (Å²) in [6, 6.07) is -0.0859. The van der Waals surface area contributed by atoms with E-state index in [0.717, 1.165) is 0 Å². The Labute approximate surface area is 177 Å². The number of hydrogen-bond donors (Lipinski definition) is 1. The zero-order valence-corrected chi connectivity index (χ0v) is 17.5.